The van der Waals surface area contributed by atoms with E-state index in [0.29, 0.717) is 11.5 Å². The van der Waals surface area contributed by atoms with Gasteiger partial charge in [-0.3, -0.25) is 0 Å². The zero-order chi connectivity index (χ0) is 19.5. The SMILES string of the molecule is CC(C)OCCCOCCCOCCCOCCCOCCC(C)(C)C. The summed E-state index contributed by atoms with van der Waals surface area (Å²) in [6.07, 6.45) is 5.21. The lowest BCUT2D eigenvalue weighted by Crippen LogP contribution is -2.11. The van der Waals surface area contributed by atoms with E-state index in [1.165, 1.54) is 0 Å². The molecule has 0 aromatic carbocycles. The molecule has 0 fully saturated rings. The zero-order valence-electron chi connectivity index (χ0n) is 18.0. The van der Waals surface area contributed by atoms with E-state index in [1.807, 2.05) is 13.8 Å². The summed E-state index contributed by atoms with van der Waals surface area (Å²) >= 11 is 0. The first-order chi connectivity index (χ1) is 12.4. The minimum absolute atomic E-state index is 0.305. The number of ether oxygens (including phenoxy) is 5. The second-order valence-corrected chi connectivity index (χ2v) is 8.09. The van der Waals surface area contributed by atoms with Gasteiger partial charge in [0.05, 0.1) is 6.10 Å². The van der Waals surface area contributed by atoms with Gasteiger partial charge in [0.25, 0.3) is 0 Å². The van der Waals surface area contributed by atoms with Crippen molar-refractivity contribution in [2.75, 3.05) is 59.5 Å². The molecule has 0 amide bonds. The summed E-state index contributed by atoms with van der Waals surface area (Å²) in [5.41, 5.74) is 0.352. The highest BCUT2D eigenvalue weighted by molar-refractivity contribution is 4.59. The Morgan fingerprint density at radius 3 is 1.23 bits per heavy atom. The van der Waals surface area contributed by atoms with Crippen LogP contribution in [-0.4, -0.2) is 65.6 Å². The predicted molar refractivity (Wildman–Crippen MR) is 107 cm³/mol. The summed E-state index contributed by atoms with van der Waals surface area (Å²) in [4.78, 5) is 0. The van der Waals surface area contributed by atoms with Crippen LogP contribution in [0.4, 0.5) is 0 Å². The van der Waals surface area contributed by atoms with Gasteiger partial charge in [-0.25, -0.2) is 0 Å². The Labute approximate surface area is 162 Å². The zero-order valence-corrected chi connectivity index (χ0v) is 18.0. The van der Waals surface area contributed by atoms with E-state index in [1.54, 1.807) is 0 Å². The Bertz CT molecular complexity index is 276. The second kappa shape index (κ2) is 18.2. The molecule has 0 aliphatic heterocycles. The lowest BCUT2D eigenvalue weighted by atomic mass is 9.93. The van der Waals surface area contributed by atoms with Gasteiger partial charge in [-0.1, -0.05) is 20.8 Å². The summed E-state index contributed by atoms with van der Waals surface area (Å²) in [6, 6.07) is 0. The van der Waals surface area contributed by atoms with Crippen LogP contribution in [0.3, 0.4) is 0 Å². The maximum atomic E-state index is 5.61. The molecule has 0 unspecified atom stereocenters. The third-order valence-electron chi connectivity index (χ3n) is 3.61. The standard InChI is InChI=1S/C21H44O5/c1-20(2)26-18-9-17-24-14-7-13-22-11-6-12-23-15-8-16-25-19-10-21(3,4)5/h20H,6-19H2,1-5H3. The first-order valence-electron chi connectivity index (χ1n) is 10.3. The molecule has 0 aromatic rings. The van der Waals surface area contributed by atoms with Crippen LogP contribution in [0.2, 0.25) is 0 Å². The van der Waals surface area contributed by atoms with Crippen molar-refractivity contribution in [3.8, 4) is 0 Å². The fourth-order valence-corrected chi connectivity index (χ4v) is 2.06. The molecule has 0 heterocycles. The van der Waals surface area contributed by atoms with Gasteiger partial charge in [-0.15, -0.1) is 0 Å². The molecule has 0 aromatic heterocycles. The monoisotopic (exact) mass is 376 g/mol. The largest absolute Gasteiger partial charge is 0.381 e. The molecule has 0 saturated heterocycles. The van der Waals surface area contributed by atoms with E-state index in [4.69, 9.17) is 23.7 Å². The summed E-state index contributed by atoms with van der Waals surface area (Å²) in [5, 5.41) is 0. The Hall–Kier alpha value is -0.200. The van der Waals surface area contributed by atoms with Gasteiger partial charge in [0.1, 0.15) is 0 Å². The Morgan fingerprint density at radius 1 is 0.538 bits per heavy atom. The fourth-order valence-electron chi connectivity index (χ4n) is 2.06. The Balaban J connectivity index is 3.03. The molecule has 0 spiro atoms. The minimum atomic E-state index is 0.305. The van der Waals surface area contributed by atoms with E-state index >= 15 is 0 Å². The van der Waals surface area contributed by atoms with E-state index in [9.17, 15) is 0 Å². The lowest BCUT2D eigenvalue weighted by molar-refractivity contribution is 0.0389. The quantitative estimate of drug-likeness (QED) is 0.311. The molecule has 5 nitrogen and oxygen atoms in total. The number of hydrogen-bond donors (Lipinski definition) is 0. The van der Waals surface area contributed by atoms with E-state index in [0.717, 1.165) is 91.6 Å². The van der Waals surface area contributed by atoms with Crippen molar-refractivity contribution in [1.82, 2.24) is 0 Å². The van der Waals surface area contributed by atoms with Crippen LogP contribution in [0, 0.1) is 5.41 Å². The van der Waals surface area contributed by atoms with Crippen molar-refractivity contribution in [2.45, 2.75) is 72.8 Å². The maximum absolute atomic E-state index is 5.61. The third-order valence-corrected chi connectivity index (χ3v) is 3.61. The molecule has 158 valence electrons. The number of hydrogen-bond acceptors (Lipinski definition) is 5. The van der Waals surface area contributed by atoms with Crippen LogP contribution in [0.15, 0.2) is 0 Å². The molecule has 0 bridgehead atoms. The first-order valence-corrected chi connectivity index (χ1v) is 10.3. The molecule has 0 aliphatic carbocycles. The molecule has 5 heteroatoms. The van der Waals surface area contributed by atoms with Crippen molar-refractivity contribution >= 4 is 0 Å². The molecule has 0 radical (unpaired) electrons. The molecule has 0 rings (SSSR count). The van der Waals surface area contributed by atoms with Crippen molar-refractivity contribution in [2.24, 2.45) is 5.41 Å². The highest BCUT2D eigenvalue weighted by Gasteiger charge is 2.08. The first kappa shape index (κ1) is 25.8. The van der Waals surface area contributed by atoms with Gasteiger partial charge in [0.15, 0.2) is 0 Å². The second-order valence-electron chi connectivity index (χ2n) is 8.09. The van der Waals surface area contributed by atoms with Crippen LogP contribution < -0.4 is 0 Å². The summed E-state index contributed by atoms with van der Waals surface area (Å²) in [6.45, 7) is 17.8. The van der Waals surface area contributed by atoms with E-state index in [2.05, 4.69) is 20.8 Å². The van der Waals surface area contributed by atoms with Gasteiger partial charge in [-0.05, 0) is 51.4 Å². The average Bonchev–Trinajstić information content (AvgIpc) is 2.55. The predicted octanol–water partition coefficient (Wildman–Crippen LogP) is 4.47. The van der Waals surface area contributed by atoms with Crippen molar-refractivity contribution in [3.63, 3.8) is 0 Å². The van der Waals surface area contributed by atoms with Crippen LogP contribution in [0.5, 0.6) is 0 Å². The van der Waals surface area contributed by atoms with Gasteiger partial charge in [-0.2, -0.15) is 0 Å². The lowest BCUT2D eigenvalue weighted by Gasteiger charge is -2.17. The highest BCUT2D eigenvalue weighted by atomic mass is 16.5. The Morgan fingerprint density at radius 2 is 0.885 bits per heavy atom. The van der Waals surface area contributed by atoms with Gasteiger partial charge in [0.2, 0.25) is 0 Å². The third kappa shape index (κ3) is 23.8. The fraction of sp³-hybridized carbons (Fsp3) is 1.00. The molecule has 0 atom stereocenters. The smallest absolute Gasteiger partial charge is 0.0518 e. The molecule has 0 saturated carbocycles. The van der Waals surface area contributed by atoms with Crippen LogP contribution in [-0.2, 0) is 23.7 Å². The number of rotatable bonds is 19. The molecule has 0 aliphatic rings. The Kier molecular flexibility index (Phi) is 18.0. The highest BCUT2D eigenvalue weighted by Crippen LogP contribution is 2.17. The van der Waals surface area contributed by atoms with Crippen LogP contribution >= 0.6 is 0 Å². The van der Waals surface area contributed by atoms with E-state index in [-0.39, 0.29) is 0 Å². The summed E-state index contributed by atoms with van der Waals surface area (Å²) < 4.78 is 27.8. The van der Waals surface area contributed by atoms with Gasteiger partial charge < -0.3 is 23.7 Å². The topological polar surface area (TPSA) is 46.2 Å². The van der Waals surface area contributed by atoms with Crippen LogP contribution in [0.25, 0.3) is 0 Å². The van der Waals surface area contributed by atoms with Crippen molar-refractivity contribution in [3.05, 3.63) is 0 Å². The molecular formula is C21H44O5. The van der Waals surface area contributed by atoms with Crippen molar-refractivity contribution < 1.29 is 23.7 Å². The molecule has 26 heavy (non-hydrogen) atoms. The minimum Gasteiger partial charge on any atom is -0.381 e. The normalized spacial score (nSPS) is 12.2. The van der Waals surface area contributed by atoms with Crippen molar-refractivity contribution in [1.29, 1.82) is 0 Å². The molecular weight excluding hydrogens is 332 g/mol. The maximum Gasteiger partial charge on any atom is 0.0518 e. The van der Waals surface area contributed by atoms with Crippen LogP contribution in [0.1, 0.15) is 66.7 Å². The average molecular weight is 377 g/mol. The molecule has 0 N–H and O–H groups in total. The van der Waals surface area contributed by atoms with E-state index < -0.39 is 0 Å². The van der Waals surface area contributed by atoms with Gasteiger partial charge in [0, 0.05) is 59.5 Å². The summed E-state index contributed by atoms with van der Waals surface area (Å²) in [7, 11) is 0. The summed E-state index contributed by atoms with van der Waals surface area (Å²) in [5.74, 6) is 0. The van der Waals surface area contributed by atoms with Gasteiger partial charge >= 0.3 is 0 Å².